The lowest BCUT2D eigenvalue weighted by molar-refractivity contribution is 0.412. The minimum atomic E-state index is 0.546. The van der Waals surface area contributed by atoms with Crippen LogP contribution in [0.1, 0.15) is 30.0 Å². The number of benzene rings is 1. The van der Waals surface area contributed by atoms with Gasteiger partial charge < -0.3 is 15.4 Å². The molecule has 0 bridgehead atoms. The van der Waals surface area contributed by atoms with Gasteiger partial charge in [0.05, 0.1) is 13.3 Å². The number of rotatable bonds is 6. The van der Waals surface area contributed by atoms with E-state index in [4.69, 9.17) is 4.74 Å². The Balaban J connectivity index is 1.66. The van der Waals surface area contributed by atoms with Gasteiger partial charge in [-0.3, -0.25) is 0 Å². The summed E-state index contributed by atoms with van der Waals surface area (Å²) in [6.07, 6.45) is 6.54. The topological polar surface area (TPSA) is 76.9 Å². The lowest BCUT2D eigenvalue weighted by Gasteiger charge is -2.12. The second-order valence-electron chi connectivity index (χ2n) is 6.47. The van der Waals surface area contributed by atoms with Gasteiger partial charge in [-0.25, -0.2) is 9.67 Å². The number of aryl methyl sites for hydroxylation is 1. The van der Waals surface area contributed by atoms with Crippen LogP contribution in [0.25, 0.3) is 5.69 Å². The third-order valence-electron chi connectivity index (χ3n) is 4.44. The summed E-state index contributed by atoms with van der Waals surface area (Å²) in [4.78, 5) is 8.88. The summed E-state index contributed by atoms with van der Waals surface area (Å²) in [6, 6.07) is 7.75. The SMILES string of the molecule is CNc1cc(C)nc(Nc2ccc(OC)c(-n3cc(C4CC4)cn3)c2)n1. The summed E-state index contributed by atoms with van der Waals surface area (Å²) in [5.74, 6) is 2.75. The van der Waals surface area contributed by atoms with Crippen LogP contribution in [0.2, 0.25) is 0 Å². The quantitative estimate of drug-likeness (QED) is 0.707. The summed E-state index contributed by atoms with van der Waals surface area (Å²) in [5.41, 5.74) is 3.93. The van der Waals surface area contributed by atoms with Gasteiger partial charge in [0.2, 0.25) is 5.95 Å². The van der Waals surface area contributed by atoms with E-state index in [1.807, 2.05) is 49.1 Å². The molecule has 0 aliphatic heterocycles. The van der Waals surface area contributed by atoms with Crippen LogP contribution >= 0.6 is 0 Å². The average Bonchev–Trinajstić information content (AvgIpc) is 3.38. The highest BCUT2D eigenvalue weighted by Gasteiger charge is 2.25. The predicted octanol–water partition coefficient (Wildman–Crippen LogP) is 3.64. The number of aromatic nitrogens is 4. The molecule has 134 valence electrons. The van der Waals surface area contributed by atoms with Gasteiger partial charge in [-0.2, -0.15) is 10.1 Å². The molecule has 0 unspecified atom stereocenters. The van der Waals surface area contributed by atoms with Crippen molar-refractivity contribution in [1.29, 1.82) is 0 Å². The highest BCUT2D eigenvalue weighted by atomic mass is 16.5. The van der Waals surface area contributed by atoms with Gasteiger partial charge in [0.1, 0.15) is 17.3 Å². The smallest absolute Gasteiger partial charge is 0.229 e. The Kier molecular flexibility index (Phi) is 4.20. The molecule has 7 heteroatoms. The van der Waals surface area contributed by atoms with Gasteiger partial charge in [-0.15, -0.1) is 0 Å². The van der Waals surface area contributed by atoms with E-state index in [1.165, 1.54) is 18.4 Å². The molecule has 4 rings (SSSR count). The fourth-order valence-corrected chi connectivity index (χ4v) is 2.92. The van der Waals surface area contributed by atoms with Gasteiger partial charge in [-0.05, 0) is 49.4 Å². The van der Waals surface area contributed by atoms with Crippen molar-refractivity contribution in [2.24, 2.45) is 0 Å². The van der Waals surface area contributed by atoms with Crippen LogP contribution in [0.3, 0.4) is 0 Å². The van der Waals surface area contributed by atoms with Crippen molar-refractivity contribution in [3.05, 3.63) is 47.9 Å². The summed E-state index contributed by atoms with van der Waals surface area (Å²) < 4.78 is 7.38. The van der Waals surface area contributed by atoms with Crippen LogP contribution in [0, 0.1) is 6.92 Å². The maximum Gasteiger partial charge on any atom is 0.229 e. The van der Waals surface area contributed by atoms with Gasteiger partial charge in [0.25, 0.3) is 0 Å². The molecule has 0 atom stereocenters. The van der Waals surface area contributed by atoms with E-state index >= 15 is 0 Å². The molecule has 1 saturated carbocycles. The fourth-order valence-electron chi connectivity index (χ4n) is 2.92. The number of hydrogen-bond donors (Lipinski definition) is 2. The third kappa shape index (κ3) is 3.33. The second-order valence-corrected chi connectivity index (χ2v) is 6.47. The van der Waals surface area contributed by atoms with E-state index < -0.39 is 0 Å². The molecular weight excluding hydrogens is 328 g/mol. The number of anilines is 3. The van der Waals surface area contributed by atoms with Crippen molar-refractivity contribution in [2.45, 2.75) is 25.7 Å². The van der Waals surface area contributed by atoms with Crippen LogP contribution in [-0.2, 0) is 0 Å². The van der Waals surface area contributed by atoms with E-state index in [0.717, 1.165) is 28.6 Å². The van der Waals surface area contributed by atoms with Crippen molar-refractivity contribution < 1.29 is 4.74 Å². The molecule has 0 spiro atoms. The van der Waals surface area contributed by atoms with E-state index in [1.54, 1.807) is 7.11 Å². The standard InChI is InChI=1S/C19H22N6O/c1-12-8-18(20-2)24-19(22-12)23-15-6-7-17(26-3)16(9-15)25-11-14(10-21-25)13-4-5-13/h6-11,13H,4-5H2,1-3H3,(H2,20,22,23,24). The average molecular weight is 350 g/mol. The Morgan fingerprint density at radius 2 is 2.04 bits per heavy atom. The monoisotopic (exact) mass is 350 g/mol. The Morgan fingerprint density at radius 1 is 1.19 bits per heavy atom. The summed E-state index contributed by atoms with van der Waals surface area (Å²) in [6.45, 7) is 1.94. The molecule has 0 saturated heterocycles. The molecule has 2 heterocycles. The molecule has 1 aliphatic carbocycles. The van der Waals surface area contributed by atoms with Crippen molar-refractivity contribution in [3.8, 4) is 11.4 Å². The Bertz CT molecular complexity index is 932. The van der Waals surface area contributed by atoms with Crippen LogP contribution in [0.15, 0.2) is 36.7 Å². The van der Waals surface area contributed by atoms with E-state index in [9.17, 15) is 0 Å². The maximum atomic E-state index is 5.52. The van der Waals surface area contributed by atoms with E-state index in [0.29, 0.717) is 11.9 Å². The Morgan fingerprint density at radius 3 is 2.77 bits per heavy atom. The number of ether oxygens (including phenoxy) is 1. The molecule has 1 aromatic carbocycles. The highest BCUT2D eigenvalue weighted by molar-refractivity contribution is 5.63. The van der Waals surface area contributed by atoms with Gasteiger partial charge >= 0.3 is 0 Å². The van der Waals surface area contributed by atoms with Gasteiger partial charge in [0, 0.05) is 30.7 Å². The zero-order valence-corrected chi connectivity index (χ0v) is 15.2. The first-order chi connectivity index (χ1) is 12.7. The number of nitrogens with one attached hydrogen (secondary N) is 2. The minimum Gasteiger partial charge on any atom is -0.494 e. The van der Waals surface area contributed by atoms with Crippen molar-refractivity contribution >= 4 is 17.5 Å². The highest BCUT2D eigenvalue weighted by Crippen LogP contribution is 2.40. The first kappa shape index (κ1) is 16.4. The largest absolute Gasteiger partial charge is 0.494 e. The van der Waals surface area contributed by atoms with Crippen LogP contribution in [0.5, 0.6) is 5.75 Å². The van der Waals surface area contributed by atoms with Gasteiger partial charge in [0.15, 0.2) is 0 Å². The first-order valence-corrected chi connectivity index (χ1v) is 8.69. The molecule has 26 heavy (non-hydrogen) atoms. The normalized spacial score (nSPS) is 13.5. The number of nitrogens with zero attached hydrogens (tertiary/aromatic N) is 4. The molecule has 1 fully saturated rings. The zero-order chi connectivity index (χ0) is 18.1. The Labute approximate surface area is 152 Å². The van der Waals surface area contributed by atoms with Gasteiger partial charge in [-0.1, -0.05) is 0 Å². The minimum absolute atomic E-state index is 0.546. The molecule has 7 nitrogen and oxygen atoms in total. The third-order valence-corrected chi connectivity index (χ3v) is 4.44. The number of hydrogen-bond acceptors (Lipinski definition) is 6. The molecule has 1 aliphatic rings. The van der Waals surface area contributed by atoms with E-state index in [2.05, 4.69) is 31.9 Å². The molecule has 0 radical (unpaired) electrons. The van der Waals surface area contributed by atoms with Crippen molar-refractivity contribution in [1.82, 2.24) is 19.7 Å². The van der Waals surface area contributed by atoms with Crippen molar-refractivity contribution in [3.63, 3.8) is 0 Å². The lowest BCUT2D eigenvalue weighted by Crippen LogP contribution is -2.04. The molecule has 0 amide bonds. The van der Waals surface area contributed by atoms with Crippen LogP contribution < -0.4 is 15.4 Å². The van der Waals surface area contributed by atoms with Crippen LogP contribution in [-0.4, -0.2) is 33.9 Å². The summed E-state index contributed by atoms with van der Waals surface area (Å²) in [7, 11) is 3.51. The lowest BCUT2D eigenvalue weighted by atomic mass is 10.2. The fraction of sp³-hybridized carbons (Fsp3) is 0.316. The summed E-state index contributed by atoms with van der Waals surface area (Å²) >= 11 is 0. The second kappa shape index (κ2) is 6.67. The Hall–Kier alpha value is -3.09. The first-order valence-electron chi connectivity index (χ1n) is 8.69. The van der Waals surface area contributed by atoms with E-state index in [-0.39, 0.29) is 0 Å². The van der Waals surface area contributed by atoms with Crippen LogP contribution in [0.4, 0.5) is 17.5 Å². The number of methoxy groups -OCH3 is 1. The molecule has 2 N–H and O–H groups in total. The molecule has 3 aromatic rings. The molecular formula is C19H22N6O. The predicted molar refractivity (Wildman–Crippen MR) is 102 cm³/mol. The summed E-state index contributed by atoms with van der Waals surface area (Å²) in [5, 5.41) is 10.8. The van der Waals surface area contributed by atoms with Crippen molar-refractivity contribution in [2.75, 3.05) is 24.8 Å². The zero-order valence-electron chi connectivity index (χ0n) is 15.2. The molecule has 2 aromatic heterocycles. The maximum absolute atomic E-state index is 5.52.